The summed E-state index contributed by atoms with van der Waals surface area (Å²) in [7, 11) is 3.16. The van der Waals surface area contributed by atoms with Crippen molar-refractivity contribution < 1.29 is 19.4 Å². The minimum atomic E-state index is -0.974. The van der Waals surface area contributed by atoms with Crippen LogP contribution in [0.4, 0.5) is 5.69 Å². The van der Waals surface area contributed by atoms with Crippen LogP contribution in [0.25, 0.3) is 0 Å². The van der Waals surface area contributed by atoms with Gasteiger partial charge in [0.1, 0.15) is 11.5 Å². The standard InChI is InChI=1S/C16H16BrNO4/c1-21-14-5-3-10(7-12(14)17)9-18-13-8-11(16(19)20)4-6-15(13)22-2/h3-8,18H,9H2,1-2H3,(H,19,20). The molecule has 0 aromatic heterocycles. The Hall–Kier alpha value is -2.21. The molecule has 2 N–H and O–H groups in total. The molecule has 0 spiro atoms. The predicted molar refractivity (Wildman–Crippen MR) is 88.0 cm³/mol. The molecule has 0 unspecified atom stereocenters. The van der Waals surface area contributed by atoms with Gasteiger partial charge in [-0.2, -0.15) is 0 Å². The van der Waals surface area contributed by atoms with Crippen molar-refractivity contribution in [3.63, 3.8) is 0 Å². The van der Waals surface area contributed by atoms with Gasteiger partial charge in [0, 0.05) is 6.54 Å². The van der Waals surface area contributed by atoms with Gasteiger partial charge in [-0.25, -0.2) is 4.79 Å². The van der Waals surface area contributed by atoms with Crippen molar-refractivity contribution in [1.82, 2.24) is 0 Å². The van der Waals surface area contributed by atoms with Crippen molar-refractivity contribution in [1.29, 1.82) is 0 Å². The fraction of sp³-hybridized carbons (Fsp3) is 0.188. The van der Waals surface area contributed by atoms with Crippen LogP contribution in [0.5, 0.6) is 11.5 Å². The molecule has 116 valence electrons. The number of rotatable bonds is 6. The van der Waals surface area contributed by atoms with Gasteiger partial charge >= 0.3 is 5.97 Å². The SMILES string of the molecule is COc1ccc(CNc2cc(C(=O)O)ccc2OC)cc1Br. The lowest BCUT2D eigenvalue weighted by molar-refractivity contribution is 0.0697. The van der Waals surface area contributed by atoms with Gasteiger partial charge in [0.25, 0.3) is 0 Å². The van der Waals surface area contributed by atoms with Gasteiger partial charge in [-0.1, -0.05) is 6.07 Å². The van der Waals surface area contributed by atoms with Crippen molar-refractivity contribution >= 4 is 27.6 Å². The number of anilines is 1. The lowest BCUT2D eigenvalue weighted by atomic mass is 10.1. The Morgan fingerprint density at radius 2 is 1.82 bits per heavy atom. The van der Waals surface area contributed by atoms with Crippen LogP contribution in [0, 0.1) is 0 Å². The second-order valence-electron chi connectivity index (χ2n) is 4.54. The summed E-state index contributed by atoms with van der Waals surface area (Å²) in [6.07, 6.45) is 0. The highest BCUT2D eigenvalue weighted by molar-refractivity contribution is 9.10. The molecule has 0 aliphatic rings. The number of aromatic carboxylic acids is 1. The summed E-state index contributed by atoms with van der Waals surface area (Å²) >= 11 is 3.44. The number of nitrogens with one attached hydrogen (secondary N) is 1. The van der Waals surface area contributed by atoms with E-state index < -0.39 is 5.97 Å². The van der Waals surface area contributed by atoms with Gasteiger partial charge < -0.3 is 19.9 Å². The van der Waals surface area contributed by atoms with Crippen LogP contribution in [0.3, 0.4) is 0 Å². The highest BCUT2D eigenvalue weighted by atomic mass is 79.9. The number of benzene rings is 2. The number of carbonyl (C=O) groups is 1. The van der Waals surface area contributed by atoms with Crippen molar-refractivity contribution in [3.05, 3.63) is 52.0 Å². The zero-order valence-electron chi connectivity index (χ0n) is 12.2. The molecule has 5 nitrogen and oxygen atoms in total. The lowest BCUT2D eigenvalue weighted by Crippen LogP contribution is -2.04. The number of hydrogen-bond acceptors (Lipinski definition) is 4. The van der Waals surface area contributed by atoms with Crippen molar-refractivity contribution in [3.8, 4) is 11.5 Å². The Morgan fingerprint density at radius 1 is 1.14 bits per heavy atom. The van der Waals surface area contributed by atoms with Gasteiger partial charge in [-0.3, -0.25) is 0 Å². The Balaban J connectivity index is 2.18. The molecule has 6 heteroatoms. The van der Waals surface area contributed by atoms with Crippen LogP contribution in [-0.2, 0) is 6.54 Å². The van der Waals surface area contributed by atoms with Gasteiger partial charge in [0.05, 0.1) is 29.9 Å². The molecule has 2 aromatic rings. The van der Waals surface area contributed by atoms with E-state index in [1.54, 1.807) is 26.4 Å². The lowest BCUT2D eigenvalue weighted by Gasteiger charge is -2.13. The van der Waals surface area contributed by atoms with Gasteiger partial charge in [0.15, 0.2) is 0 Å². The number of ether oxygens (including phenoxy) is 2. The third-order valence-electron chi connectivity index (χ3n) is 3.15. The maximum absolute atomic E-state index is 11.1. The molecule has 0 bridgehead atoms. The zero-order valence-corrected chi connectivity index (χ0v) is 13.8. The molecular formula is C16H16BrNO4. The summed E-state index contributed by atoms with van der Waals surface area (Å²) in [5, 5.41) is 12.3. The van der Waals surface area contributed by atoms with E-state index in [9.17, 15) is 4.79 Å². The van der Waals surface area contributed by atoms with E-state index in [0.717, 1.165) is 15.8 Å². The summed E-state index contributed by atoms with van der Waals surface area (Å²) in [4.78, 5) is 11.1. The maximum atomic E-state index is 11.1. The molecule has 0 atom stereocenters. The fourth-order valence-electron chi connectivity index (χ4n) is 2.00. The number of carboxylic acids is 1. The quantitative estimate of drug-likeness (QED) is 0.815. The highest BCUT2D eigenvalue weighted by Crippen LogP contribution is 2.28. The molecule has 0 saturated heterocycles. The molecule has 0 heterocycles. The van der Waals surface area contributed by atoms with Gasteiger partial charge in [-0.05, 0) is 51.8 Å². The van der Waals surface area contributed by atoms with Crippen LogP contribution < -0.4 is 14.8 Å². The van der Waals surface area contributed by atoms with E-state index in [1.807, 2.05) is 18.2 Å². The highest BCUT2D eigenvalue weighted by Gasteiger charge is 2.09. The first-order valence-corrected chi connectivity index (χ1v) is 7.32. The van der Waals surface area contributed by atoms with Crippen LogP contribution >= 0.6 is 15.9 Å². The van der Waals surface area contributed by atoms with Crippen molar-refractivity contribution in [2.45, 2.75) is 6.54 Å². The molecule has 0 amide bonds. The first kappa shape index (κ1) is 16.2. The number of methoxy groups -OCH3 is 2. The Kier molecular flexibility index (Phi) is 5.27. The maximum Gasteiger partial charge on any atom is 0.335 e. The fourth-order valence-corrected chi connectivity index (χ4v) is 2.58. The average molecular weight is 366 g/mol. The smallest absolute Gasteiger partial charge is 0.335 e. The molecule has 2 rings (SSSR count). The molecule has 2 aromatic carbocycles. The largest absolute Gasteiger partial charge is 0.496 e. The first-order valence-electron chi connectivity index (χ1n) is 6.52. The average Bonchev–Trinajstić information content (AvgIpc) is 2.52. The molecule has 0 aliphatic carbocycles. The zero-order chi connectivity index (χ0) is 16.1. The minimum Gasteiger partial charge on any atom is -0.496 e. The van der Waals surface area contributed by atoms with Gasteiger partial charge in [0.2, 0.25) is 0 Å². The number of carboxylic acid groups (broad SMARTS) is 1. The normalized spacial score (nSPS) is 10.1. The Bertz CT molecular complexity index is 688. The molecule has 0 aliphatic heterocycles. The van der Waals surface area contributed by atoms with E-state index in [0.29, 0.717) is 18.0 Å². The van der Waals surface area contributed by atoms with Crippen molar-refractivity contribution in [2.75, 3.05) is 19.5 Å². The summed E-state index contributed by atoms with van der Waals surface area (Å²) in [5.41, 5.74) is 1.86. The van der Waals surface area contributed by atoms with Gasteiger partial charge in [-0.15, -0.1) is 0 Å². The van der Waals surface area contributed by atoms with Crippen molar-refractivity contribution in [2.24, 2.45) is 0 Å². The number of hydrogen-bond donors (Lipinski definition) is 2. The molecule has 0 radical (unpaired) electrons. The Labute approximate surface area is 137 Å². The topological polar surface area (TPSA) is 67.8 Å². The molecular weight excluding hydrogens is 350 g/mol. The van der Waals surface area contributed by atoms with Crippen LogP contribution in [-0.4, -0.2) is 25.3 Å². The summed E-state index contributed by atoms with van der Waals surface area (Å²) in [6.45, 7) is 0.530. The second-order valence-corrected chi connectivity index (χ2v) is 5.40. The predicted octanol–water partition coefficient (Wildman–Crippen LogP) is 3.78. The number of halogens is 1. The molecule has 0 fully saturated rings. The molecule has 22 heavy (non-hydrogen) atoms. The monoisotopic (exact) mass is 365 g/mol. The summed E-state index contributed by atoms with van der Waals surface area (Å²) < 4.78 is 11.3. The van der Waals surface area contributed by atoms with E-state index >= 15 is 0 Å². The first-order chi connectivity index (χ1) is 10.5. The van der Waals surface area contributed by atoms with Crippen LogP contribution in [0.15, 0.2) is 40.9 Å². The van der Waals surface area contributed by atoms with E-state index in [1.165, 1.54) is 6.07 Å². The van der Waals surface area contributed by atoms with E-state index in [4.69, 9.17) is 14.6 Å². The van der Waals surface area contributed by atoms with Crippen LogP contribution in [0.1, 0.15) is 15.9 Å². The third kappa shape index (κ3) is 3.71. The Morgan fingerprint density at radius 3 is 2.41 bits per heavy atom. The summed E-state index contributed by atoms with van der Waals surface area (Å²) in [6, 6.07) is 10.4. The molecule has 0 saturated carbocycles. The van der Waals surface area contributed by atoms with Crippen LogP contribution in [0.2, 0.25) is 0 Å². The second kappa shape index (κ2) is 7.17. The minimum absolute atomic E-state index is 0.208. The van der Waals surface area contributed by atoms with E-state index in [-0.39, 0.29) is 5.56 Å². The third-order valence-corrected chi connectivity index (χ3v) is 3.77. The van der Waals surface area contributed by atoms with E-state index in [2.05, 4.69) is 21.2 Å². The summed E-state index contributed by atoms with van der Waals surface area (Å²) in [5.74, 6) is 0.379.